The van der Waals surface area contributed by atoms with Gasteiger partial charge in [0.15, 0.2) is 0 Å². The number of carbonyl (C=O) groups excluding carboxylic acids is 2. The lowest BCUT2D eigenvalue weighted by atomic mass is 9.95. The molecule has 1 saturated carbocycles. The van der Waals surface area contributed by atoms with Gasteiger partial charge in [-0.25, -0.2) is 0 Å². The lowest BCUT2D eigenvalue weighted by Gasteiger charge is -2.37. The van der Waals surface area contributed by atoms with Crippen LogP contribution in [-0.4, -0.2) is 29.3 Å². The Morgan fingerprint density at radius 2 is 2.08 bits per heavy atom. The van der Waals surface area contributed by atoms with E-state index in [1.807, 2.05) is 30.0 Å². The molecule has 130 valence electrons. The van der Waals surface area contributed by atoms with Crippen molar-refractivity contribution in [3.05, 3.63) is 28.2 Å². The third-order valence-electron chi connectivity index (χ3n) is 5.39. The summed E-state index contributed by atoms with van der Waals surface area (Å²) in [5.74, 6) is -0.0975. The smallest absolute Gasteiger partial charge is 0.240 e. The zero-order chi connectivity index (χ0) is 17.3. The first-order chi connectivity index (χ1) is 11.5. The van der Waals surface area contributed by atoms with E-state index in [2.05, 4.69) is 28.2 Å². The highest BCUT2D eigenvalue weighted by Crippen LogP contribution is 2.49. The van der Waals surface area contributed by atoms with Crippen molar-refractivity contribution >= 4 is 33.4 Å². The van der Waals surface area contributed by atoms with Gasteiger partial charge in [-0.1, -0.05) is 22.9 Å². The summed E-state index contributed by atoms with van der Waals surface area (Å²) in [5, 5.41) is 2.99. The van der Waals surface area contributed by atoms with Gasteiger partial charge in [0.2, 0.25) is 11.8 Å². The average molecular weight is 393 g/mol. The molecule has 1 atom stereocenters. The fourth-order valence-corrected chi connectivity index (χ4v) is 4.12. The van der Waals surface area contributed by atoms with Crippen LogP contribution in [0.3, 0.4) is 0 Å². The molecule has 2 fully saturated rings. The lowest BCUT2D eigenvalue weighted by Crippen LogP contribution is -2.49. The summed E-state index contributed by atoms with van der Waals surface area (Å²) in [6.07, 6.45) is 5.59. The van der Waals surface area contributed by atoms with Crippen molar-refractivity contribution in [3.63, 3.8) is 0 Å². The zero-order valence-corrected chi connectivity index (χ0v) is 16.0. The Labute approximate surface area is 152 Å². The molecule has 5 heteroatoms. The van der Waals surface area contributed by atoms with Crippen LogP contribution in [0.5, 0.6) is 0 Å². The van der Waals surface area contributed by atoms with Crippen molar-refractivity contribution < 1.29 is 9.59 Å². The summed E-state index contributed by atoms with van der Waals surface area (Å²) < 4.78 is 0.981. The maximum atomic E-state index is 13.1. The largest absolute Gasteiger partial charge is 0.339 e. The fraction of sp³-hybridized carbons (Fsp3) is 0.579. The highest BCUT2D eigenvalue weighted by molar-refractivity contribution is 9.10. The van der Waals surface area contributed by atoms with Crippen molar-refractivity contribution in [1.82, 2.24) is 4.90 Å². The molecule has 1 aliphatic carbocycles. The first kappa shape index (κ1) is 17.5. The number of nitrogens with zero attached hydrogens (tertiary/aromatic N) is 1. The van der Waals surface area contributed by atoms with Gasteiger partial charge in [0.05, 0.1) is 0 Å². The molecule has 2 amide bonds. The van der Waals surface area contributed by atoms with Crippen LogP contribution in [0.4, 0.5) is 5.69 Å². The van der Waals surface area contributed by atoms with Crippen LogP contribution in [0.25, 0.3) is 0 Å². The van der Waals surface area contributed by atoms with Gasteiger partial charge in [-0.3, -0.25) is 9.59 Å². The van der Waals surface area contributed by atoms with Gasteiger partial charge in [0, 0.05) is 22.7 Å². The standard InChI is InChI=1S/C19H25BrN2O2/c1-3-15-6-4-5-11-22(15)18(24)19(9-10-19)17(23)21-16-8-7-14(20)12-13(16)2/h7-8,12,15H,3-6,9-11H2,1-2H3,(H,21,23). The third-order valence-corrected chi connectivity index (χ3v) is 5.88. The van der Waals surface area contributed by atoms with E-state index in [1.165, 1.54) is 6.42 Å². The molecule has 24 heavy (non-hydrogen) atoms. The van der Waals surface area contributed by atoms with Crippen LogP contribution in [-0.2, 0) is 9.59 Å². The number of nitrogens with one attached hydrogen (secondary N) is 1. The average Bonchev–Trinajstić information content (AvgIpc) is 3.38. The quantitative estimate of drug-likeness (QED) is 0.777. The molecule has 2 aliphatic rings. The van der Waals surface area contributed by atoms with E-state index in [0.717, 1.165) is 41.5 Å². The number of anilines is 1. The maximum absolute atomic E-state index is 13.1. The van der Waals surface area contributed by atoms with Crippen molar-refractivity contribution in [1.29, 1.82) is 0 Å². The molecule has 0 radical (unpaired) electrons. The second kappa shape index (κ2) is 6.87. The van der Waals surface area contributed by atoms with E-state index in [-0.39, 0.29) is 11.8 Å². The van der Waals surface area contributed by atoms with Crippen molar-refractivity contribution in [2.45, 2.75) is 58.4 Å². The number of piperidine rings is 1. The van der Waals surface area contributed by atoms with Crippen LogP contribution >= 0.6 is 15.9 Å². The SMILES string of the molecule is CCC1CCCCN1C(=O)C1(C(=O)Nc2ccc(Br)cc2C)CC1. The van der Waals surface area contributed by atoms with Crippen molar-refractivity contribution in [3.8, 4) is 0 Å². The van der Waals surface area contributed by atoms with Crippen LogP contribution in [0.15, 0.2) is 22.7 Å². The number of aryl methyl sites for hydroxylation is 1. The predicted molar refractivity (Wildman–Crippen MR) is 98.8 cm³/mol. The van der Waals surface area contributed by atoms with Gasteiger partial charge in [-0.05, 0) is 69.2 Å². The molecule has 0 bridgehead atoms. The molecule has 4 nitrogen and oxygen atoms in total. The van der Waals surface area contributed by atoms with Gasteiger partial charge in [0.1, 0.15) is 5.41 Å². The summed E-state index contributed by atoms with van der Waals surface area (Å²) in [6.45, 7) is 4.88. The van der Waals surface area contributed by atoms with Gasteiger partial charge < -0.3 is 10.2 Å². The van der Waals surface area contributed by atoms with Gasteiger partial charge >= 0.3 is 0 Å². The summed E-state index contributed by atoms with van der Waals surface area (Å²) in [5.41, 5.74) is 0.947. The van der Waals surface area contributed by atoms with E-state index >= 15 is 0 Å². The molecule has 1 aliphatic heterocycles. The molecule has 3 rings (SSSR count). The predicted octanol–water partition coefficient (Wildman–Crippen LogP) is 4.27. The maximum Gasteiger partial charge on any atom is 0.240 e. The number of halogens is 1. The Balaban J connectivity index is 1.75. The van der Waals surface area contributed by atoms with Gasteiger partial charge in [-0.2, -0.15) is 0 Å². The number of hydrogen-bond donors (Lipinski definition) is 1. The molecule has 0 spiro atoms. The normalized spacial score (nSPS) is 22.1. The van der Waals surface area contributed by atoms with Gasteiger partial charge in [-0.15, -0.1) is 0 Å². The Bertz CT molecular complexity index is 655. The number of rotatable bonds is 4. The van der Waals surface area contributed by atoms with Crippen LogP contribution in [0.1, 0.15) is 51.0 Å². The van der Waals surface area contributed by atoms with E-state index in [9.17, 15) is 9.59 Å². The molecular weight excluding hydrogens is 368 g/mol. The number of amides is 2. The Morgan fingerprint density at radius 3 is 2.71 bits per heavy atom. The van der Waals surface area contributed by atoms with E-state index in [1.54, 1.807) is 0 Å². The minimum absolute atomic E-state index is 0.0429. The Kier molecular flexibility index (Phi) is 5.00. The zero-order valence-electron chi connectivity index (χ0n) is 14.4. The first-order valence-corrected chi connectivity index (χ1v) is 9.66. The molecule has 1 saturated heterocycles. The molecule has 1 heterocycles. The minimum Gasteiger partial charge on any atom is -0.339 e. The Morgan fingerprint density at radius 1 is 1.33 bits per heavy atom. The lowest BCUT2D eigenvalue weighted by molar-refractivity contribution is -0.145. The number of benzene rings is 1. The summed E-state index contributed by atoms with van der Waals surface area (Å²) in [7, 11) is 0. The third kappa shape index (κ3) is 3.23. The van der Waals surface area contributed by atoms with E-state index < -0.39 is 5.41 Å². The van der Waals surface area contributed by atoms with Crippen molar-refractivity contribution in [2.24, 2.45) is 5.41 Å². The van der Waals surface area contributed by atoms with Crippen LogP contribution in [0, 0.1) is 12.3 Å². The molecule has 1 unspecified atom stereocenters. The highest BCUT2D eigenvalue weighted by atomic mass is 79.9. The van der Waals surface area contributed by atoms with E-state index in [4.69, 9.17) is 0 Å². The fourth-order valence-electron chi connectivity index (χ4n) is 3.64. The monoisotopic (exact) mass is 392 g/mol. The number of hydrogen-bond acceptors (Lipinski definition) is 2. The molecule has 1 N–H and O–H groups in total. The number of carbonyl (C=O) groups is 2. The molecule has 1 aromatic rings. The van der Waals surface area contributed by atoms with Crippen LogP contribution < -0.4 is 5.32 Å². The minimum atomic E-state index is -0.829. The van der Waals surface area contributed by atoms with Crippen LogP contribution in [0.2, 0.25) is 0 Å². The molecule has 1 aromatic carbocycles. The molecular formula is C19H25BrN2O2. The summed E-state index contributed by atoms with van der Waals surface area (Å²) in [6, 6.07) is 6.05. The second-order valence-corrected chi connectivity index (χ2v) is 7.97. The van der Waals surface area contributed by atoms with E-state index in [0.29, 0.717) is 18.9 Å². The molecule has 0 aromatic heterocycles. The van der Waals surface area contributed by atoms with Crippen molar-refractivity contribution in [2.75, 3.05) is 11.9 Å². The topological polar surface area (TPSA) is 49.4 Å². The van der Waals surface area contributed by atoms with Gasteiger partial charge in [0.25, 0.3) is 0 Å². The summed E-state index contributed by atoms with van der Waals surface area (Å²) >= 11 is 3.43. The Hall–Kier alpha value is -1.36. The summed E-state index contributed by atoms with van der Waals surface area (Å²) in [4.78, 5) is 27.9. The number of likely N-dealkylation sites (tertiary alicyclic amines) is 1. The first-order valence-electron chi connectivity index (χ1n) is 8.86. The second-order valence-electron chi connectivity index (χ2n) is 7.05. The highest BCUT2D eigenvalue weighted by Gasteiger charge is 2.58.